The first-order valence-electron chi connectivity index (χ1n) is 11.3. The van der Waals surface area contributed by atoms with Crippen LogP contribution in [0.15, 0.2) is 0 Å². The average molecular weight is 560 g/mol. The highest BCUT2D eigenvalue weighted by atomic mass is 33.1. The van der Waals surface area contributed by atoms with E-state index in [1.54, 1.807) is 0 Å². The summed E-state index contributed by atoms with van der Waals surface area (Å²) in [6.45, 7) is 2.97. The summed E-state index contributed by atoms with van der Waals surface area (Å²) in [5.74, 6) is -3.73. The van der Waals surface area contributed by atoms with E-state index in [-0.39, 0.29) is 17.4 Å². The summed E-state index contributed by atoms with van der Waals surface area (Å²) in [5, 5.41) is 44.1. The molecule has 0 aliphatic heterocycles. The number of hydrogen-bond donors (Lipinski definition) is 8. The molecule has 0 aromatic heterocycles. The number of amides is 1. The van der Waals surface area contributed by atoms with Crippen molar-refractivity contribution in [1.82, 2.24) is 5.32 Å². The van der Waals surface area contributed by atoms with Crippen molar-refractivity contribution in [1.29, 1.82) is 0 Å². The number of hydrogen-bond acceptors (Lipinski definition) is 10. The number of aliphatic carboxylic acids is 4. The van der Waals surface area contributed by atoms with Crippen LogP contribution in [0.2, 0.25) is 0 Å². The zero-order valence-electron chi connectivity index (χ0n) is 20.8. The molecule has 0 heterocycles. The zero-order valence-corrected chi connectivity index (χ0v) is 22.4. The number of unbranched alkanes of at least 4 members (excludes halogenated alkanes) is 6. The van der Waals surface area contributed by atoms with Gasteiger partial charge in [-0.2, -0.15) is 0 Å². The van der Waals surface area contributed by atoms with Crippen molar-refractivity contribution in [2.24, 2.45) is 11.5 Å². The van der Waals surface area contributed by atoms with E-state index in [1.807, 2.05) is 0 Å². The molecule has 0 spiro atoms. The van der Waals surface area contributed by atoms with E-state index >= 15 is 0 Å². The summed E-state index contributed by atoms with van der Waals surface area (Å²) in [4.78, 5) is 50.9. The van der Waals surface area contributed by atoms with Crippen LogP contribution in [-0.4, -0.2) is 91.6 Å². The number of carboxylic acid groups (broad SMARTS) is 4. The maximum absolute atomic E-state index is 10.3. The first kappa shape index (κ1) is 38.5. The summed E-state index contributed by atoms with van der Waals surface area (Å²) < 4.78 is 0. The quantitative estimate of drug-likeness (QED) is 0.0860. The smallest absolute Gasteiger partial charge is 0.325 e. The Kier molecular flexibility index (Phi) is 27.8. The highest BCUT2D eigenvalue weighted by Crippen LogP contribution is 2.22. The molecule has 212 valence electrons. The molecule has 3 atom stereocenters. The lowest BCUT2D eigenvalue weighted by Gasteiger charge is -2.07. The van der Waals surface area contributed by atoms with E-state index < -0.39 is 42.0 Å². The maximum atomic E-state index is 10.3. The van der Waals surface area contributed by atoms with Gasteiger partial charge >= 0.3 is 23.9 Å². The van der Waals surface area contributed by atoms with E-state index in [9.17, 15) is 24.0 Å². The molecule has 1 unspecified atom stereocenters. The minimum Gasteiger partial charge on any atom is -0.481 e. The maximum Gasteiger partial charge on any atom is 0.325 e. The van der Waals surface area contributed by atoms with Gasteiger partial charge in [0.1, 0.15) is 18.1 Å². The molecule has 15 heteroatoms. The lowest BCUT2D eigenvalue weighted by Crippen LogP contribution is -2.36. The molecule has 0 saturated heterocycles. The molecule has 0 saturated carbocycles. The standard InChI is InChI=1S/C10H20O3.C6H12N2O4S2.C5H9NO3/c11-9-7-5-3-1-2-4-6-8-10(12)13;7-3(5(9)10)1-13-14-2-4(8)6(11)12;1-3(5(8)9)6-4(2)7/h11H,1-9H2,(H,12,13);3-4H,1-2,7-8H2,(H,9,10)(H,11,12);3H,1-2H3,(H,6,7)(H,8,9)/t;3-,4?;3-/m.00/s1. The summed E-state index contributed by atoms with van der Waals surface area (Å²) in [6, 6.07) is -2.63. The van der Waals surface area contributed by atoms with Crippen LogP contribution in [0, 0.1) is 0 Å². The number of rotatable bonds is 18. The average Bonchev–Trinajstić information content (AvgIpc) is 2.78. The molecule has 0 aromatic rings. The Morgan fingerprint density at radius 2 is 1.11 bits per heavy atom. The fourth-order valence-corrected chi connectivity index (χ4v) is 4.25. The Bertz CT molecular complexity index is 619. The fourth-order valence-electron chi connectivity index (χ4n) is 2.02. The summed E-state index contributed by atoms with van der Waals surface area (Å²) in [7, 11) is 2.41. The first-order valence-corrected chi connectivity index (χ1v) is 13.8. The van der Waals surface area contributed by atoms with Gasteiger partial charge in [-0.05, 0) is 19.8 Å². The monoisotopic (exact) mass is 559 g/mol. The molecular weight excluding hydrogens is 518 g/mol. The summed E-state index contributed by atoms with van der Waals surface area (Å²) in [5.41, 5.74) is 10.4. The molecule has 0 rings (SSSR count). The highest BCUT2D eigenvalue weighted by molar-refractivity contribution is 8.76. The van der Waals surface area contributed by atoms with Gasteiger partial charge < -0.3 is 42.3 Å². The fraction of sp³-hybridized carbons (Fsp3) is 0.762. The third-order valence-electron chi connectivity index (χ3n) is 4.05. The second-order valence-corrected chi connectivity index (χ2v) is 10.1. The minimum atomic E-state index is -1.07. The van der Waals surface area contributed by atoms with Crippen molar-refractivity contribution in [3.63, 3.8) is 0 Å². The van der Waals surface area contributed by atoms with E-state index in [4.69, 9.17) is 37.0 Å². The van der Waals surface area contributed by atoms with E-state index in [1.165, 1.54) is 41.9 Å². The van der Waals surface area contributed by atoms with E-state index in [0.29, 0.717) is 13.0 Å². The molecule has 0 radical (unpaired) electrons. The molecule has 0 aliphatic carbocycles. The van der Waals surface area contributed by atoms with Gasteiger partial charge in [0, 0.05) is 31.5 Å². The predicted octanol–water partition coefficient (Wildman–Crippen LogP) is 0.971. The summed E-state index contributed by atoms with van der Waals surface area (Å²) >= 11 is 0. The largest absolute Gasteiger partial charge is 0.481 e. The number of nitrogens with two attached hydrogens (primary N) is 2. The Morgan fingerprint density at radius 3 is 1.39 bits per heavy atom. The minimum absolute atomic E-state index is 0.229. The van der Waals surface area contributed by atoms with Gasteiger partial charge in [-0.25, -0.2) is 0 Å². The van der Waals surface area contributed by atoms with E-state index in [0.717, 1.165) is 38.5 Å². The van der Waals surface area contributed by atoms with Crippen LogP contribution in [0.5, 0.6) is 0 Å². The van der Waals surface area contributed by atoms with Crippen LogP contribution in [0.25, 0.3) is 0 Å². The van der Waals surface area contributed by atoms with Gasteiger partial charge in [-0.1, -0.05) is 53.7 Å². The molecule has 0 fully saturated rings. The van der Waals surface area contributed by atoms with Crippen LogP contribution >= 0.6 is 21.6 Å². The SMILES string of the molecule is CC(=O)N[C@@H](C)C(=O)O.NC(CSSC[C@H](N)C(=O)O)C(=O)O.O=C(O)CCCCCCCCCO. The Hall–Kier alpha value is -2.07. The molecule has 0 aliphatic rings. The lowest BCUT2D eigenvalue weighted by atomic mass is 10.1. The molecular formula is C21H41N3O10S2. The number of aliphatic hydroxyl groups excluding tert-OH is 1. The van der Waals surface area contributed by atoms with Gasteiger partial charge in [-0.15, -0.1) is 0 Å². The van der Waals surface area contributed by atoms with Gasteiger partial charge in [0.2, 0.25) is 5.91 Å². The molecule has 0 bridgehead atoms. The van der Waals surface area contributed by atoms with Crippen LogP contribution in [0.1, 0.15) is 65.2 Å². The van der Waals surface area contributed by atoms with Crippen molar-refractivity contribution in [3.8, 4) is 0 Å². The second kappa shape index (κ2) is 26.0. The van der Waals surface area contributed by atoms with E-state index in [2.05, 4.69) is 5.32 Å². The number of carbonyl (C=O) groups is 5. The van der Waals surface area contributed by atoms with Crippen LogP contribution in [0.4, 0.5) is 0 Å². The molecule has 1 amide bonds. The van der Waals surface area contributed by atoms with Gasteiger partial charge in [0.05, 0.1) is 0 Å². The van der Waals surface area contributed by atoms with Crippen molar-refractivity contribution < 1.29 is 49.5 Å². The molecule has 36 heavy (non-hydrogen) atoms. The second-order valence-electron chi connectivity index (χ2n) is 7.56. The van der Waals surface area contributed by atoms with Crippen molar-refractivity contribution >= 4 is 51.4 Å². The van der Waals surface area contributed by atoms with Crippen LogP contribution in [-0.2, 0) is 24.0 Å². The van der Waals surface area contributed by atoms with Crippen LogP contribution < -0.4 is 16.8 Å². The normalized spacial score (nSPS) is 12.5. The number of carbonyl (C=O) groups excluding carboxylic acids is 1. The summed E-state index contributed by atoms with van der Waals surface area (Å²) in [6.07, 6.45) is 7.56. The number of aliphatic hydroxyl groups is 1. The van der Waals surface area contributed by atoms with Crippen molar-refractivity contribution in [2.45, 2.75) is 83.3 Å². The third kappa shape index (κ3) is 31.9. The Labute approximate surface area is 219 Å². The third-order valence-corrected chi connectivity index (χ3v) is 6.53. The molecule has 0 aromatic carbocycles. The Balaban J connectivity index is -0.000000465. The van der Waals surface area contributed by atoms with Gasteiger partial charge in [0.15, 0.2) is 0 Å². The topological polar surface area (TPSA) is 251 Å². The van der Waals surface area contributed by atoms with Gasteiger partial charge in [0.25, 0.3) is 0 Å². The van der Waals surface area contributed by atoms with Crippen molar-refractivity contribution in [3.05, 3.63) is 0 Å². The molecule has 13 nitrogen and oxygen atoms in total. The zero-order chi connectivity index (χ0) is 28.5. The number of carboxylic acids is 4. The van der Waals surface area contributed by atoms with Crippen LogP contribution in [0.3, 0.4) is 0 Å². The first-order chi connectivity index (χ1) is 16.8. The van der Waals surface area contributed by atoms with Gasteiger partial charge in [-0.3, -0.25) is 24.0 Å². The predicted molar refractivity (Wildman–Crippen MR) is 139 cm³/mol. The Morgan fingerprint density at radius 1 is 0.722 bits per heavy atom. The highest BCUT2D eigenvalue weighted by Gasteiger charge is 2.14. The van der Waals surface area contributed by atoms with Crippen molar-refractivity contribution in [2.75, 3.05) is 18.1 Å². The lowest BCUT2D eigenvalue weighted by molar-refractivity contribution is -0.141. The number of nitrogens with one attached hydrogen (secondary N) is 1. The molecule has 10 N–H and O–H groups in total.